The van der Waals surface area contributed by atoms with Gasteiger partial charge >= 0.3 is 5.97 Å². The molecular weight excluding hydrogens is 630 g/mol. The van der Waals surface area contributed by atoms with Crippen LogP contribution in [0.4, 0.5) is 0 Å². The van der Waals surface area contributed by atoms with Gasteiger partial charge in [0.15, 0.2) is 0 Å². The smallest absolute Gasteiger partial charge is 0.325 e. The predicted octanol–water partition coefficient (Wildman–Crippen LogP) is 4.34. The number of hydrogen-bond acceptors (Lipinski definition) is 10. The molecule has 0 aliphatic carbocycles. The number of methoxy groups -OCH3 is 1. The lowest BCUT2D eigenvalue weighted by Gasteiger charge is -2.34. The molecule has 15 heteroatoms. The Bertz CT molecular complexity index is 1410. The van der Waals surface area contributed by atoms with Crippen molar-refractivity contribution < 1.29 is 41.7 Å². The summed E-state index contributed by atoms with van der Waals surface area (Å²) in [4.78, 5) is 28.7. The van der Waals surface area contributed by atoms with Crippen LogP contribution in [0.3, 0.4) is 0 Å². The van der Waals surface area contributed by atoms with Gasteiger partial charge in [-0.2, -0.15) is 4.31 Å². The highest BCUT2D eigenvalue weighted by molar-refractivity contribution is 7.89. The van der Waals surface area contributed by atoms with Gasteiger partial charge in [-0.05, 0) is 74.2 Å². The van der Waals surface area contributed by atoms with Crippen molar-refractivity contribution in [1.82, 2.24) is 9.62 Å². The average molecular weight is 678 g/mol. The normalized spacial score (nSPS) is 12.4. The summed E-state index contributed by atoms with van der Waals surface area (Å²) in [5.41, 5.74) is 8.34. The van der Waals surface area contributed by atoms with Gasteiger partial charge in [0, 0.05) is 30.1 Å². The van der Waals surface area contributed by atoms with Crippen LogP contribution in [0.2, 0.25) is 0 Å². The molecule has 0 saturated heterocycles. The number of nitrogens with one attached hydrogen (secondary N) is 1. The minimum absolute atomic E-state index is 0.00481. The molecule has 0 aromatic heterocycles. The third-order valence-corrected chi connectivity index (χ3v) is 8.33. The molecule has 0 fully saturated rings. The van der Waals surface area contributed by atoms with Crippen LogP contribution in [0.1, 0.15) is 50.5 Å². The molecule has 2 aromatic carbocycles. The van der Waals surface area contributed by atoms with E-state index in [1.807, 2.05) is 0 Å². The van der Waals surface area contributed by atoms with Crippen LogP contribution in [0, 0.1) is 5.92 Å². The van der Waals surface area contributed by atoms with E-state index in [9.17, 15) is 18.0 Å². The third kappa shape index (κ3) is 13.9. The number of hydrogen-bond donors (Lipinski definition) is 1. The van der Waals surface area contributed by atoms with Gasteiger partial charge in [0.25, 0.3) is 5.91 Å². The zero-order chi connectivity index (χ0) is 34.9. The molecule has 0 aliphatic heterocycles. The lowest BCUT2D eigenvalue weighted by molar-refractivity contribution is -0.161. The van der Waals surface area contributed by atoms with Crippen molar-refractivity contribution in [3.63, 3.8) is 0 Å². The summed E-state index contributed by atoms with van der Waals surface area (Å²) >= 11 is 0. The molecule has 47 heavy (non-hydrogen) atoms. The van der Waals surface area contributed by atoms with Gasteiger partial charge in [-0.1, -0.05) is 31.1 Å². The van der Waals surface area contributed by atoms with Gasteiger partial charge in [0.1, 0.15) is 17.4 Å². The summed E-state index contributed by atoms with van der Waals surface area (Å²) in [6, 6.07) is 11.4. The summed E-state index contributed by atoms with van der Waals surface area (Å²) in [6.45, 7) is 11.3. The monoisotopic (exact) mass is 677 g/mol. The van der Waals surface area contributed by atoms with Crippen LogP contribution in [-0.2, 0) is 40.3 Å². The molecule has 1 atom stereocenters. The molecule has 1 amide bonds. The fourth-order valence-electron chi connectivity index (χ4n) is 4.27. The Morgan fingerprint density at radius 1 is 0.915 bits per heavy atom. The van der Waals surface area contributed by atoms with Crippen molar-refractivity contribution in [1.29, 1.82) is 0 Å². The first kappa shape index (κ1) is 39.5. The number of esters is 1. The first-order chi connectivity index (χ1) is 22.3. The van der Waals surface area contributed by atoms with E-state index in [-0.39, 0.29) is 37.0 Å². The highest BCUT2D eigenvalue weighted by Gasteiger charge is 2.40. The number of benzene rings is 2. The maximum absolute atomic E-state index is 14.0. The van der Waals surface area contributed by atoms with Crippen LogP contribution >= 0.6 is 0 Å². The Morgan fingerprint density at radius 3 is 2.02 bits per heavy atom. The molecule has 0 radical (unpaired) electrons. The van der Waals surface area contributed by atoms with Gasteiger partial charge in [-0.25, -0.2) is 8.42 Å². The van der Waals surface area contributed by atoms with E-state index < -0.39 is 33.6 Å². The molecule has 1 N–H and O–H groups in total. The number of sulfonamides is 1. The van der Waals surface area contributed by atoms with Crippen molar-refractivity contribution in [3.05, 3.63) is 70.1 Å². The Kier molecular flexibility index (Phi) is 16.6. The largest absolute Gasteiger partial charge is 0.497 e. The molecule has 2 aromatic rings. The maximum atomic E-state index is 14.0. The second-order valence-corrected chi connectivity index (χ2v) is 13.6. The van der Waals surface area contributed by atoms with Gasteiger partial charge in [-0.3, -0.25) is 9.59 Å². The summed E-state index contributed by atoms with van der Waals surface area (Å²) < 4.78 is 56.1. The molecule has 260 valence electrons. The molecule has 0 heterocycles. The Labute approximate surface area is 277 Å². The lowest BCUT2D eigenvalue weighted by atomic mass is 10.0. The Morgan fingerprint density at radius 2 is 1.49 bits per heavy atom. The van der Waals surface area contributed by atoms with E-state index in [0.717, 1.165) is 4.31 Å². The predicted molar refractivity (Wildman–Crippen MR) is 175 cm³/mol. The second kappa shape index (κ2) is 19.8. The standard InChI is InChI=1S/C32H47N5O9S/c1-24(2)29(31(39)46-32(3,4)5)37(47(40,41)28-13-11-27(42-6)12-14-28)23-25-7-9-26(10-8-25)30(38)34-15-17-43-19-21-45-22-20-44-18-16-35-36-33/h7-14,24,29H,15-23H2,1-6H3,(H,34,38). The quantitative estimate of drug-likeness (QED) is 0.0661. The van der Waals surface area contributed by atoms with Crippen LogP contribution in [0.15, 0.2) is 58.5 Å². The van der Waals surface area contributed by atoms with E-state index in [1.54, 1.807) is 71.0 Å². The van der Waals surface area contributed by atoms with Gasteiger partial charge in [0.05, 0.1) is 51.6 Å². The minimum Gasteiger partial charge on any atom is -0.497 e. The number of azide groups is 1. The number of nitrogens with zero attached hydrogens (tertiary/aromatic N) is 4. The first-order valence-electron chi connectivity index (χ1n) is 15.3. The summed E-state index contributed by atoms with van der Waals surface area (Å²) in [7, 11) is -2.68. The average Bonchev–Trinajstić information content (AvgIpc) is 3.02. The van der Waals surface area contributed by atoms with Crippen molar-refractivity contribution >= 4 is 21.9 Å². The van der Waals surface area contributed by atoms with Crippen molar-refractivity contribution in [3.8, 4) is 5.75 Å². The molecule has 2 rings (SSSR count). The van der Waals surface area contributed by atoms with Crippen LogP contribution in [0.5, 0.6) is 5.75 Å². The molecule has 0 spiro atoms. The highest BCUT2D eigenvalue weighted by atomic mass is 32.2. The Hall–Kier alpha value is -3.72. The topological polar surface area (TPSA) is 178 Å². The number of carbonyl (C=O) groups excluding carboxylic acids is 2. The zero-order valence-electron chi connectivity index (χ0n) is 28.0. The van der Waals surface area contributed by atoms with E-state index >= 15 is 0 Å². The molecule has 0 aliphatic rings. The van der Waals surface area contributed by atoms with Crippen molar-refractivity contribution in [2.24, 2.45) is 11.0 Å². The van der Waals surface area contributed by atoms with Crippen LogP contribution in [0.25, 0.3) is 10.4 Å². The van der Waals surface area contributed by atoms with Crippen LogP contribution < -0.4 is 10.1 Å². The van der Waals surface area contributed by atoms with Gasteiger partial charge < -0.3 is 29.0 Å². The second-order valence-electron chi connectivity index (χ2n) is 11.7. The molecule has 0 bridgehead atoms. The fraction of sp³-hybridized carbons (Fsp3) is 0.562. The summed E-state index contributed by atoms with van der Waals surface area (Å²) in [6.07, 6.45) is 0. The lowest BCUT2D eigenvalue weighted by Crippen LogP contribution is -2.49. The molecule has 0 saturated carbocycles. The summed E-state index contributed by atoms with van der Waals surface area (Å²) in [5, 5.41) is 6.15. The SMILES string of the molecule is COc1ccc(S(=O)(=O)N(Cc2ccc(C(=O)NCCOCCOCCOCCN=[N+]=[N-])cc2)C(C(=O)OC(C)(C)C)C(C)C)cc1. The molecular formula is C32H47N5O9S. The first-order valence-corrected chi connectivity index (χ1v) is 16.7. The fourth-order valence-corrected chi connectivity index (χ4v) is 5.97. The van der Waals surface area contributed by atoms with E-state index in [0.29, 0.717) is 49.9 Å². The third-order valence-electron chi connectivity index (χ3n) is 6.49. The molecule has 14 nitrogen and oxygen atoms in total. The Balaban J connectivity index is 2.02. The van der Waals surface area contributed by atoms with Crippen molar-refractivity contribution in [2.75, 3.05) is 59.8 Å². The van der Waals surface area contributed by atoms with E-state index in [2.05, 4.69) is 15.3 Å². The van der Waals surface area contributed by atoms with Gasteiger partial charge in [-0.15, -0.1) is 0 Å². The minimum atomic E-state index is -4.17. The summed E-state index contributed by atoms with van der Waals surface area (Å²) in [5.74, 6) is -0.879. The van der Waals surface area contributed by atoms with Gasteiger partial charge in [0.2, 0.25) is 10.0 Å². The number of amides is 1. The number of rotatable bonds is 21. The van der Waals surface area contributed by atoms with Crippen molar-refractivity contribution in [2.45, 2.75) is 57.7 Å². The van der Waals surface area contributed by atoms with E-state index in [4.69, 9.17) is 29.2 Å². The highest BCUT2D eigenvalue weighted by Crippen LogP contribution is 2.28. The van der Waals surface area contributed by atoms with Crippen LogP contribution in [-0.4, -0.2) is 96.1 Å². The number of ether oxygens (including phenoxy) is 5. The maximum Gasteiger partial charge on any atom is 0.325 e. The molecule has 1 unspecified atom stereocenters. The van der Waals surface area contributed by atoms with E-state index in [1.165, 1.54) is 19.2 Å². The zero-order valence-corrected chi connectivity index (χ0v) is 28.8. The number of carbonyl (C=O) groups is 2.